The van der Waals surface area contributed by atoms with Gasteiger partial charge in [0.05, 0.1) is 0 Å². The smallest absolute Gasteiger partial charge is 0.224 e. The Hall–Kier alpha value is -2.16. The van der Waals surface area contributed by atoms with Gasteiger partial charge in [-0.2, -0.15) is 0 Å². The van der Waals surface area contributed by atoms with Crippen LogP contribution >= 0.6 is 24.0 Å². The first-order valence-corrected chi connectivity index (χ1v) is 10.0. The Bertz CT molecular complexity index is 855. The Morgan fingerprint density at radius 3 is 2.50 bits per heavy atom. The largest absolute Gasteiger partial charge is 0.356 e. The summed E-state index contributed by atoms with van der Waals surface area (Å²) in [5, 5.41) is 6.52. The molecule has 1 amide bonds. The van der Waals surface area contributed by atoms with Gasteiger partial charge < -0.3 is 15.5 Å². The normalized spacial score (nSPS) is 14.4. The number of hydrogen-bond acceptors (Lipinski definition) is 2. The third kappa shape index (κ3) is 6.68. The monoisotopic (exact) mass is 524 g/mol. The number of aliphatic imine (C=N–C) groups is 1. The number of halogens is 2. The number of amides is 1. The van der Waals surface area contributed by atoms with Crippen molar-refractivity contribution in [1.29, 1.82) is 0 Å². The van der Waals surface area contributed by atoms with Gasteiger partial charge in [0.25, 0.3) is 0 Å². The highest BCUT2D eigenvalue weighted by molar-refractivity contribution is 14.0. The molecule has 30 heavy (non-hydrogen) atoms. The third-order valence-electron chi connectivity index (χ3n) is 5.43. The summed E-state index contributed by atoms with van der Waals surface area (Å²) in [6.07, 6.45) is 2.45. The first-order chi connectivity index (χ1) is 14.0. The minimum absolute atomic E-state index is 0. The van der Waals surface area contributed by atoms with Crippen molar-refractivity contribution < 1.29 is 9.18 Å². The second-order valence-corrected chi connectivity index (χ2v) is 7.63. The van der Waals surface area contributed by atoms with E-state index in [-0.39, 0.29) is 41.1 Å². The lowest BCUT2D eigenvalue weighted by Gasteiger charge is -2.20. The summed E-state index contributed by atoms with van der Waals surface area (Å²) in [4.78, 5) is 18.3. The molecule has 2 aromatic carbocycles. The molecule has 3 rings (SSSR count). The molecule has 0 aromatic heterocycles. The van der Waals surface area contributed by atoms with Gasteiger partial charge in [0.15, 0.2) is 5.96 Å². The van der Waals surface area contributed by atoms with Crippen LogP contribution in [0.4, 0.5) is 4.39 Å². The lowest BCUT2D eigenvalue weighted by Crippen LogP contribution is -2.42. The van der Waals surface area contributed by atoms with E-state index in [1.165, 1.54) is 6.07 Å². The second kappa shape index (κ2) is 11.3. The van der Waals surface area contributed by atoms with E-state index in [0.29, 0.717) is 32.0 Å². The molecule has 162 valence electrons. The molecule has 2 aromatic rings. The molecular weight excluding hydrogens is 494 g/mol. The predicted molar refractivity (Wildman–Crippen MR) is 130 cm³/mol. The van der Waals surface area contributed by atoms with E-state index in [4.69, 9.17) is 0 Å². The number of nitrogens with one attached hydrogen (secondary N) is 2. The van der Waals surface area contributed by atoms with E-state index in [9.17, 15) is 9.18 Å². The third-order valence-corrected chi connectivity index (χ3v) is 5.43. The van der Waals surface area contributed by atoms with Crippen molar-refractivity contribution in [2.75, 3.05) is 27.2 Å². The average Bonchev–Trinajstić information content (AvgIpc) is 3.52. The van der Waals surface area contributed by atoms with Gasteiger partial charge in [-0.25, -0.2) is 4.39 Å². The van der Waals surface area contributed by atoms with E-state index in [1.807, 2.05) is 43.4 Å². The van der Waals surface area contributed by atoms with E-state index >= 15 is 0 Å². The molecule has 0 spiro atoms. The highest BCUT2D eigenvalue weighted by atomic mass is 127. The van der Waals surface area contributed by atoms with Crippen molar-refractivity contribution in [3.05, 3.63) is 71.5 Å². The molecule has 0 saturated heterocycles. The molecule has 0 aliphatic heterocycles. The molecule has 0 bridgehead atoms. The fourth-order valence-corrected chi connectivity index (χ4v) is 3.43. The van der Waals surface area contributed by atoms with E-state index in [1.54, 1.807) is 24.1 Å². The van der Waals surface area contributed by atoms with E-state index < -0.39 is 0 Å². The van der Waals surface area contributed by atoms with Crippen LogP contribution in [-0.2, 0) is 16.8 Å². The molecule has 2 N–H and O–H groups in total. The van der Waals surface area contributed by atoms with Gasteiger partial charge in [0.1, 0.15) is 5.82 Å². The molecule has 5 nitrogen and oxygen atoms in total. The summed E-state index contributed by atoms with van der Waals surface area (Å²) in [5.41, 5.74) is 2.12. The van der Waals surface area contributed by atoms with Gasteiger partial charge in [-0.1, -0.05) is 42.5 Å². The lowest BCUT2D eigenvalue weighted by molar-refractivity contribution is -0.130. The molecule has 0 radical (unpaired) electrons. The molecule has 0 heterocycles. The fraction of sp³-hybridized carbons (Fsp3) is 0.391. The van der Waals surface area contributed by atoms with Crippen molar-refractivity contribution >= 4 is 35.8 Å². The maximum Gasteiger partial charge on any atom is 0.224 e. The molecule has 0 atom stereocenters. The topological polar surface area (TPSA) is 56.7 Å². The van der Waals surface area contributed by atoms with Gasteiger partial charge in [0.2, 0.25) is 5.91 Å². The summed E-state index contributed by atoms with van der Waals surface area (Å²) >= 11 is 0. The van der Waals surface area contributed by atoms with Gasteiger partial charge in [0, 0.05) is 45.6 Å². The van der Waals surface area contributed by atoms with Crippen molar-refractivity contribution in [3.8, 4) is 0 Å². The van der Waals surface area contributed by atoms with Gasteiger partial charge in [-0.15, -0.1) is 24.0 Å². The number of hydrogen-bond donors (Lipinski definition) is 2. The molecule has 1 aliphatic carbocycles. The van der Waals surface area contributed by atoms with Crippen LogP contribution in [0.3, 0.4) is 0 Å². The fourth-order valence-electron chi connectivity index (χ4n) is 3.43. The van der Waals surface area contributed by atoms with Crippen molar-refractivity contribution in [1.82, 2.24) is 15.5 Å². The number of rotatable bonds is 8. The Morgan fingerprint density at radius 2 is 1.87 bits per heavy atom. The van der Waals surface area contributed by atoms with Gasteiger partial charge >= 0.3 is 0 Å². The summed E-state index contributed by atoms with van der Waals surface area (Å²) in [6.45, 7) is 1.80. The standard InChI is InChI=1S/C23H29FN4O.HI/c1-25-22(27-17-23(12-13-23)19-9-6-10-20(24)15-19)26-14-11-21(29)28(2)16-18-7-4-3-5-8-18;/h3-10,15H,11-14,16-17H2,1-2H3,(H2,25,26,27);1H. The maximum absolute atomic E-state index is 13.5. The predicted octanol–water partition coefficient (Wildman–Crippen LogP) is 3.69. The first-order valence-electron chi connectivity index (χ1n) is 10.0. The van der Waals surface area contributed by atoms with Crippen LogP contribution in [0.2, 0.25) is 0 Å². The Labute approximate surface area is 195 Å². The van der Waals surface area contributed by atoms with Crippen LogP contribution in [0.5, 0.6) is 0 Å². The minimum atomic E-state index is -0.200. The lowest BCUT2D eigenvalue weighted by atomic mass is 9.96. The highest BCUT2D eigenvalue weighted by Crippen LogP contribution is 2.47. The zero-order chi connectivity index (χ0) is 20.7. The Morgan fingerprint density at radius 1 is 1.13 bits per heavy atom. The minimum Gasteiger partial charge on any atom is -0.356 e. The SMILES string of the molecule is CN=C(NCCC(=O)N(C)Cc1ccccc1)NCC1(c2cccc(F)c2)CC1.I. The Kier molecular flexibility index (Phi) is 9.08. The van der Waals surface area contributed by atoms with E-state index in [0.717, 1.165) is 24.0 Å². The summed E-state index contributed by atoms with van der Waals surface area (Å²) < 4.78 is 13.5. The highest BCUT2D eigenvalue weighted by Gasteiger charge is 2.44. The summed E-state index contributed by atoms with van der Waals surface area (Å²) in [5.74, 6) is 0.538. The Balaban J connectivity index is 0.00000320. The van der Waals surface area contributed by atoms with Crippen LogP contribution in [-0.4, -0.2) is 44.0 Å². The van der Waals surface area contributed by atoms with Crippen LogP contribution in [0.15, 0.2) is 59.6 Å². The number of carbonyl (C=O) groups is 1. The number of guanidine groups is 1. The molecule has 1 saturated carbocycles. The number of carbonyl (C=O) groups excluding carboxylic acids is 1. The molecular formula is C23H30FIN4O. The van der Waals surface area contributed by atoms with E-state index in [2.05, 4.69) is 15.6 Å². The molecule has 7 heteroatoms. The average molecular weight is 524 g/mol. The quantitative estimate of drug-likeness (QED) is 0.315. The second-order valence-electron chi connectivity index (χ2n) is 7.63. The zero-order valence-corrected chi connectivity index (χ0v) is 19.9. The van der Waals surface area contributed by atoms with Crippen LogP contribution in [0.25, 0.3) is 0 Å². The molecule has 1 aliphatic rings. The van der Waals surface area contributed by atoms with Gasteiger partial charge in [-0.05, 0) is 36.1 Å². The molecule has 1 fully saturated rings. The van der Waals surface area contributed by atoms with Crippen molar-refractivity contribution in [3.63, 3.8) is 0 Å². The first kappa shape index (κ1) is 24.1. The van der Waals surface area contributed by atoms with Crippen molar-refractivity contribution in [2.24, 2.45) is 4.99 Å². The van der Waals surface area contributed by atoms with Crippen LogP contribution in [0.1, 0.15) is 30.4 Å². The van der Waals surface area contributed by atoms with Gasteiger partial charge in [-0.3, -0.25) is 9.79 Å². The van der Waals surface area contributed by atoms with Crippen molar-refractivity contribution in [2.45, 2.75) is 31.2 Å². The number of benzene rings is 2. The van der Waals surface area contributed by atoms with Crippen LogP contribution in [0, 0.1) is 5.82 Å². The summed E-state index contributed by atoms with van der Waals surface area (Å²) in [7, 11) is 3.53. The molecule has 0 unspecified atom stereocenters. The summed E-state index contributed by atoms with van der Waals surface area (Å²) in [6, 6.07) is 16.8. The van der Waals surface area contributed by atoms with Crippen LogP contribution < -0.4 is 10.6 Å². The maximum atomic E-state index is 13.5. The zero-order valence-electron chi connectivity index (χ0n) is 17.5. The number of nitrogens with zero attached hydrogens (tertiary/aromatic N) is 2.